The average molecular weight is 468 g/mol. The van der Waals surface area contributed by atoms with Crippen LogP contribution in [-0.4, -0.2) is 29.3 Å². The lowest BCUT2D eigenvalue weighted by molar-refractivity contribution is -0.142. The fraction of sp³-hybridized carbons (Fsp3) is 0.567. The molecule has 4 nitrogen and oxygen atoms in total. The summed E-state index contributed by atoms with van der Waals surface area (Å²) in [6.45, 7) is 1.58. The van der Waals surface area contributed by atoms with Crippen LogP contribution in [0.3, 0.4) is 0 Å². The Kier molecular flexibility index (Phi) is 15.0. The first-order chi connectivity index (χ1) is 16.7. The number of carboxylic acid groups (broad SMARTS) is 1. The second kappa shape index (κ2) is 18.2. The number of aliphatic hydroxyl groups excluding tert-OH is 1. The smallest absolute Gasteiger partial charge is 0.306 e. The predicted octanol–water partition coefficient (Wildman–Crippen LogP) is 6.93. The zero-order chi connectivity index (χ0) is 24.3. The third-order valence-corrected chi connectivity index (χ3v) is 6.65. The lowest BCUT2D eigenvalue weighted by Crippen LogP contribution is -2.22. The fourth-order valence-corrected chi connectivity index (χ4v) is 4.46. The molecule has 0 aliphatic carbocycles. The van der Waals surface area contributed by atoms with Gasteiger partial charge in [0.2, 0.25) is 0 Å². The number of hydrogen-bond acceptors (Lipinski definition) is 3. The zero-order valence-electron chi connectivity index (χ0n) is 20.8. The molecular formula is C30H45NO3. The summed E-state index contributed by atoms with van der Waals surface area (Å²) < 4.78 is 0. The highest BCUT2D eigenvalue weighted by atomic mass is 16.4. The second-order valence-corrected chi connectivity index (χ2v) is 9.51. The number of carboxylic acids is 1. The lowest BCUT2D eigenvalue weighted by atomic mass is 9.94. The molecule has 0 amide bonds. The van der Waals surface area contributed by atoms with E-state index >= 15 is 0 Å². The van der Waals surface area contributed by atoms with Crippen LogP contribution in [0.4, 0.5) is 0 Å². The Bertz CT molecular complexity index is 750. The van der Waals surface area contributed by atoms with E-state index in [1.165, 1.54) is 50.5 Å². The van der Waals surface area contributed by atoms with Gasteiger partial charge < -0.3 is 15.5 Å². The summed E-state index contributed by atoms with van der Waals surface area (Å²) >= 11 is 0. The molecule has 0 saturated heterocycles. The number of nitrogens with one attached hydrogen (secondary N) is 1. The monoisotopic (exact) mass is 467 g/mol. The third kappa shape index (κ3) is 12.9. The molecule has 188 valence electrons. The van der Waals surface area contributed by atoms with Crippen molar-refractivity contribution in [3.63, 3.8) is 0 Å². The summed E-state index contributed by atoms with van der Waals surface area (Å²) in [5.41, 5.74) is 2.20. The number of rotatable bonds is 20. The molecule has 0 aromatic heterocycles. The van der Waals surface area contributed by atoms with Crippen molar-refractivity contribution < 1.29 is 15.0 Å². The van der Waals surface area contributed by atoms with Crippen LogP contribution in [0.5, 0.6) is 0 Å². The molecular weight excluding hydrogens is 422 g/mol. The molecule has 0 fully saturated rings. The van der Waals surface area contributed by atoms with Crippen LogP contribution in [0.25, 0.3) is 0 Å². The Hall–Kier alpha value is -2.17. The highest BCUT2D eigenvalue weighted by Gasteiger charge is 2.16. The van der Waals surface area contributed by atoms with Crippen molar-refractivity contribution in [2.24, 2.45) is 5.92 Å². The van der Waals surface area contributed by atoms with Gasteiger partial charge >= 0.3 is 5.97 Å². The Balaban J connectivity index is 1.36. The van der Waals surface area contributed by atoms with Gasteiger partial charge in [-0.15, -0.1) is 0 Å². The molecule has 0 aliphatic heterocycles. The van der Waals surface area contributed by atoms with E-state index in [1.54, 1.807) is 0 Å². The Morgan fingerprint density at radius 2 is 1.24 bits per heavy atom. The summed E-state index contributed by atoms with van der Waals surface area (Å²) in [5, 5.41) is 23.0. The molecule has 0 bridgehead atoms. The minimum absolute atomic E-state index is 0.212. The fourth-order valence-electron chi connectivity index (χ4n) is 4.46. The molecule has 4 heteroatoms. The van der Waals surface area contributed by atoms with Gasteiger partial charge in [-0.05, 0) is 43.4 Å². The summed E-state index contributed by atoms with van der Waals surface area (Å²) in [6.07, 6.45) is 14.2. The second-order valence-electron chi connectivity index (χ2n) is 9.51. The van der Waals surface area contributed by atoms with Crippen LogP contribution in [-0.2, 0) is 11.2 Å². The normalized spacial score (nSPS) is 13.0. The van der Waals surface area contributed by atoms with Crippen molar-refractivity contribution in [3.8, 4) is 0 Å². The zero-order valence-corrected chi connectivity index (χ0v) is 20.8. The Labute approximate surface area is 206 Å². The highest BCUT2D eigenvalue weighted by molar-refractivity contribution is 5.69. The molecule has 0 saturated carbocycles. The molecule has 2 unspecified atom stereocenters. The van der Waals surface area contributed by atoms with Crippen molar-refractivity contribution in [1.82, 2.24) is 5.32 Å². The van der Waals surface area contributed by atoms with E-state index in [-0.39, 0.29) is 5.92 Å². The van der Waals surface area contributed by atoms with E-state index < -0.39 is 12.1 Å². The topological polar surface area (TPSA) is 69.6 Å². The minimum atomic E-state index is -0.640. The molecule has 3 N–H and O–H groups in total. The molecule has 34 heavy (non-hydrogen) atoms. The van der Waals surface area contributed by atoms with Crippen molar-refractivity contribution in [2.75, 3.05) is 13.1 Å². The van der Waals surface area contributed by atoms with E-state index in [0.29, 0.717) is 6.54 Å². The predicted molar refractivity (Wildman–Crippen MR) is 141 cm³/mol. The molecule has 2 aromatic carbocycles. The van der Waals surface area contributed by atoms with Crippen molar-refractivity contribution in [1.29, 1.82) is 0 Å². The van der Waals surface area contributed by atoms with Crippen molar-refractivity contribution in [3.05, 3.63) is 71.8 Å². The van der Waals surface area contributed by atoms with E-state index in [1.807, 2.05) is 48.5 Å². The van der Waals surface area contributed by atoms with Crippen LogP contribution in [0.1, 0.15) is 94.3 Å². The van der Waals surface area contributed by atoms with Gasteiger partial charge in [0.25, 0.3) is 0 Å². The average Bonchev–Trinajstić information content (AvgIpc) is 2.86. The van der Waals surface area contributed by atoms with Crippen molar-refractivity contribution in [2.45, 2.75) is 89.6 Å². The highest BCUT2D eigenvalue weighted by Crippen LogP contribution is 2.19. The van der Waals surface area contributed by atoms with Gasteiger partial charge in [-0.2, -0.15) is 0 Å². The first-order valence-corrected chi connectivity index (χ1v) is 13.4. The van der Waals surface area contributed by atoms with Crippen LogP contribution >= 0.6 is 0 Å². The van der Waals surface area contributed by atoms with Crippen LogP contribution in [0.15, 0.2) is 60.7 Å². The largest absolute Gasteiger partial charge is 0.481 e. The van der Waals surface area contributed by atoms with Crippen LogP contribution in [0.2, 0.25) is 0 Å². The third-order valence-electron chi connectivity index (χ3n) is 6.65. The summed E-state index contributed by atoms with van der Waals surface area (Å²) in [6, 6.07) is 20.0. The number of benzene rings is 2. The molecule has 0 heterocycles. The molecule has 2 atom stereocenters. The summed E-state index contributed by atoms with van der Waals surface area (Å²) in [7, 11) is 0. The maximum absolute atomic E-state index is 11.5. The SMILES string of the molecule is O=C(O)C(CCCCCCCCCCCCNCC(O)c1ccccc1)CCc1ccccc1. The van der Waals surface area contributed by atoms with Crippen LogP contribution < -0.4 is 5.32 Å². The van der Waals surface area contributed by atoms with E-state index in [9.17, 15) is 15.0 Å². The van der Waals surface area contributed by atoms with Gasteiger partial charge in [-0.25, -0.2) is 0 Å². The number of aliphatic hydroxyl groups is 1. The van der Waals surface area contributed by atoms with Crippen LogP contribution in [0, 0.1) is 5.92 Å². The molecule has 0 aliphatic rings. The molecule has 0 spiro atoms. The minimum Gasteiger partial charge on any atom is -0.481 e. The van der Waals surface area contributed by atoms with E-state index in [4.69, 9.17) is 0 Å². The van der Waals surface area contributed by atoms with Gasteiger partial charge in [-0.3, -0.25) is 4.79 Å². The maximum atomic E-state index is 11.5. The van der Waals surface area contributed by atoms with Gasteiger partial charge in [0.15, 0.2) is 0 Å². The number of carbonyl (C=O) groups is 1. The van der Waals surface area contributed by atoms with Gasteiger partial charge in [0, 0.05) is 6.54 Å². The number of unbranched alkanes of at least 4 members (excludes halogenated alkanes) is 9. The van der Waals surface area contributed by atoms with E-state index in [0.717, 1.165) is 50.6 Å². The molecule has 0 radical (unpaired) electrons. The Morgan fingerprint density at radius 3 is 1.82 bits per heavy atom. The van der Waals surface area contributed by atoms with E-state index in [2.05, 4.69) is 17.4 Å². The summed E-state index contributed by atoms with van der Waals surface area (Å²) in [4.78, 5) is 11.5. The summed E-state index contributed by atoms with van der Waals surface area (Å²) in [5.74, 6) is -0.852. The first kappa shape index (κ1) is 28.1. The Morgan fingerprint density at radius 1 is 0.706 bits per heavy atom. The number of aryl methyl sites for hydroxylation is 1. The maximum Gasteiger partial charge on any atom is 0.306 e. The number of aliphatic carboxylic acids is 1. The van der Waals surface area contributed by atoms with Gasteiger partial charge in [0.05, 0.1) is 12.0 Å². The molecule has 2 aromatic rings. The van der Waals surface area contributed by atoms with Crippen molar-refractivity contribution >= 4 is 5.97 Å². The standard InChI is InChI=1S/C30H45NO3/c32-29(27-19-14-10-15-20-27)25-31-24-16-8-6-4-2-1-3-5-7-13-21-28(30(33)34)23-22-26-17-11-9-12-18-26/h9-12,14-15,17-20,28-29,31-32H,1-8,13,16,21-25H2,(H,33,34). The number of hydrogen-bond donors (Lipinski definition) is 3. The lowest BCUT2D eigenvalue weighted by Gasteiger charge is -2.12. The van der Waals surface area contributed by atoms with Gasteiger partial charge in [0.1, 0.15) is 0 Å². The quantitative estimate of drug-likeness (QED) is 0.185. The molecule has 2 rings (SSSR count). The van der Waals surface area contributed by atoms with Gasteiger partial charge in [-0.1, -0.05) is 118 Å². The first-order valence-electron chi connectivity index (χ1n) is 13.4.